The van der Waals surface area contributed by atoms with Gasteiger partial charge < -0.3 is 15.3 Å². The van der Waals surface area contributed by atoms with E-state index in [1.807, 2.05) is 31.0 Å². The van der Waals surface area contributed by atoms with Gasteiger partial charge in [0.25, 0.3) is 0 Å². The highest BCUT2D eigenvalue weighted by molar-refractivity contribution is 5.91. The van der Waals surface area contributed by atoms with Crippen LogP contribution in [0.2, 0.25) is 0 Å². The first-order valence-electron chi connectivity index (χ1n) is 14.2. The predicted octanol–water partition coefficient (Wildman–Crippen LogP) is 5.87. The Hall–Kier alpha value is -3.33. The number of carboxylic acid groups (broad SMARTS) is 1. The van der Waals surface area contributed by atoms with Crippen molar-refractivity contribution >= 4 is 23.5 Å². The molecule has 2 saturated heterocycles. The molecule has 2 heterocycles. The fourth-order valence-electron chi connectivity index (χ4n) is 5.83. The van der Waals surface area contributed by atoms with Crippen LogP contribution in [-0.4, -0.2) is 83.3 Å². The largest absolute Gasteiger partial charge is 0.465 e. The van der Waals surface area contributed by atoms with Gasteiger partial charge in [-0.15, -0.1) is 0 Å². The van der Waals surface area contributed by atoms with Crippen LogP contribution >= 0.6 is 0 Å². The third-order valence-electron chi connectivity index (χ3n) is 8.97. The van der Waals surface area contributed by atoms with E-state index in [2.05, 4.69) is 50.0 Å². The molecule has 8 nitrogen and oxygen atoms in total. The standard InChI is InChI=1S/C31H44FN5O3/c1-22-18-27(11-10-23(22)20-35-16-17-37(29(39)40)31(5,21-35)30(2,3)4)34(6)28(38)36-14-12-25(13-15-36)33-26-9-7-8-24(32)19-26/h7-11,18-19,25,33H,12-17,20-21H2,1-6H3,(H,39,40)/t31-/m1/s1. The minimum atomic E-state index is -0.864. The van der Waals surface area contributed by atoms with Crippen molar-refractivity contribution in [2.75, 3.05) is 50.0 Å². The molecule has 0 aromatic heterocycles. The van der Waals surface area contributed by atoms with E-state index in [1.54, 1.807) is 15.9 Å². The first-order chi connectivity index (χ1) is 18.8. The van der Waals surface area contributed by atoms with E-state index in [1.165, 1.54) is 17.7 Å². The molecule has 2 aromatic carbocycles. The number of benzene rings is 2. The van der Waals surface area contributed by atoms with Crippen LogP contribution in [0.1, 0.15) is 51.7 Å². The topological polar surface area (TPSA) is 79.4 Å². The Kier molecular flexibility index (Phi) is 8.63. The molecule has 0 unspecified atom stereocenters. The summed E-state index contributed by atoms with van der Waals surface area (Å²) in [6, 6.07) is 12.8. The maximum Gasteiger partial charge on any atom is 0.407 e. The number of rotatable bonds is 5. The van der Waals surface area contributed by atoms with Crippen LogP contribution in [0.15, 0.2) is 42.5 Å². The number of anilines is 2. The molecule has 0 saturated carbocycles. The zero-order valence-electron chi connectivity index (χ0n) is 24.7. The number of hydrogen-bond acceptors (Lipinski definition) is 4. The van der Waals surface area contributed by atoms with Crippen molar-refractivity contribution in [2.24, 2.45) is 5.41 Å². The molecule has 2 N–H and O–H groups in total. The first-order valence-corrected chi connectivity index (χ1v) is 14.2. The Bertz CT molecular complexity index is 1220. The average Bonchev–Trinajstić information content (AvgIpc) is 2.89. The number of likely N-dealkylation sites (tertiary alicyclic amines) is 1. The van der Waals surface area contributed by atoms with Crippen LogP contribution in [-0.2, 0) is 6.54 Å². The number of carbonyl (C=O) groups excluding carboxylic acids is 1. The SMILES string of the molecule is Cc1cc(N(C)C(=O)N2CCC(Nc3cccc(F)c3)CC2)ccc1CN1CCN(C(=O)O)[C@@](C)(C(C)(C)C)C1. The summed E-state index contributed by atoms with van der Waals surface area (Å²) in [5.74, 6) is -0.260. The van der Waals surface area contributed by atoms with Crippen molar-refractivity contribution < 1.29 is 19.1 Å². The summed E-state index contributed by atoms with van der Waals surface area (Å²) in [6.07, 6.45) is 0.741. The Balaban J connectivity index is 1.35. The molecule has 40 heavy (non-hydrogen) atoms. The van der Waals surface area contributed by atoms with Gasteiger partial charge in [-0.2, -0.15) is 0 Å². The van der Waals surface area contributed by atoms with E-state index in [4.69, 9.17) is 0 Å². The number of nitrogens with one attached hydrogen (secondary N) is 1. The number of urea groups is 1. The van der Waals surface area contributed by atoms with Gasteiger partial charge >= 0.3 is 12.1 Å². The molecule has 2 aliphatic heterocycles. The fourth-order valence-corrected chi connectivity index (χ4v) is 5.83. The molecular weight excluding hydrogens is 509 g/mol. The Morgan fingerprint density at radius 1 is 1.10 bits per heavy atom. The van der Waals surface area contributed by atoms with Crippen molar-refractivity contribution in [2.45, 2.75) is 65.6 Å². The molecule has 0 bridgehead atoms. The number of nitrogens with zero attached hydrogens (tertiary/aromatic N) is 4. The number of hydrogen-bond donors (Lipinski definition) is 2. The van der Waals surface area contributed by atoms with E-state index < -0.39 is 11.6 Å². The second-order valence-electron chi connectivity index (χ2n) is 12.5. The zero-order valence-corrected chi connectivity index (χ0v) is 24.7. The van der Waals surface area contributed by atoms with Gasteiger partial charge in [-0.25, -0.2) is 14.0 Å². The smallest absolute Gasteiger partial charge is 0.407 e. The van der Waals surface area contributed by atoms with Crippen molar-refractivity contribution in [1.82, 2.24) is 14.7 Å². The lowest BCUT2D eigenvalue weighted by Crippen LogP contribution is -2.67. The summed E-state index contributed by atoms with van der Waals surface area (Å²) in [6.45, 7) is 14.2. The van der Waals surface area contributed by atoms with Crippen molar-refractivity contribution in [3.8, 4) is 0 Å². The highest BCUT2D eigenvalue weighted by Gasteiger charge is 2.48. The van der Waals surface area contributed by atoms with Crippen molar-refractivity contribution in [3.63, 3.8) is 0 Å². The first kappa shape index (κ1) is 29.6. The summed E-state index contributed by atoms with van der Waals surface area (Å²) >= 11 is 0. The Morgan fingerprint density at radius 3 is 2.40 bits per heavy atom. The van der Waals surface area contributed by atoms with E-state index in [0.717, 1.165) is 36.3 Å². The molecule has 9 heteroatoms. The number of amides is 3. The maximum atomic E-state index is 13.5. The molecule has 0 spiro atoms. The summed E-state index contributed by atoms with van der Waals surface area (Å²) in [7, 11) is 1.81. The second kappa shape index (κ2) is 11.6. The lowest BCUT2D eigenvalue weighted by molar-refractivity contribution is -0.0462. The van der Waals surface area contributed by atoms with Gasteiger partial charge in [-0.1, -0.05) is 32.9 Å². The van der Waals surface area contributed by atoms with E-state index in [9.17, 15) is 19.1 Å². The molecule has 2 fully saturated rings. The molecule has 0 aliphatic carbocycles. The Labute approximate surface area is 237 Å². The van der Waals surface area contributed by atoms with Gasteiger partial charge in [-0.05, 0) is 73.6 Å². The van der Waals surface area contributed by atoms with E-state index >= 15 is 0 Å². The number of carbonyl (C=O) groups is 2. The van der Waals surface area contributed by atoms with Gasteiger partial charge in [-0.3, -0.25) is 14.7 Å². The minimum absolute atomic E-state index is 0.0258. The highest BCUT2D eigenvalue weighted by Crippen LogP contribution is 2.39. The fraction of sp³-hybridized carbons (Fsp3) is 0.548. The summed E-state index contributed by atoms with van der Waals surface area (Å²) in [5, 5.41) is 13.2. The molecule has 4 rings (SSSR count). The molecule has 2 aliphatic rings. The van der Waals surface area contributed by atoms with Crippen molar-refractivity contribution in [3.05, 3.63) is 59.4 Å². The van der Waals surface area contributed by atoms with Crippen molar-refractivity contribution in [1.29, 1.82) is 0 Å². The van der Waals surface area contributed by atoms with Crippen LogP contribution in [0.4, 0.5) is 25.4 Å². The summed E-state index contributed by atoms with van der Waals surface area (Å²) in [5.41, 5.74) is 3.18. The number of aryl methyl sites for hydroxylation is 1. The van der Waals surface area contributed by atoms with Gasteiger partial charge in [0.1, 0.15) is 5.82 Å². The lowest BCUT2D eigenvalue weighted by Gasteiger charge is -2.54. The van der Waals surface area contributed by atoms with Gasteiger partial charge in [0, 0.05) is 63.7 Å². The van der Waals surface area contributed by atoms with Crippen LogP contribution in [0.5, 0.6) is 0 Å². The number of halogens is 1. The second-order valence-corrected chi connectivity index (χ2v) is 12.5. The molecule has 218 valence electrons. The monoisotopic (exact) mass is 553 g/mol. The van der Waals surface area contributed by atoms with Crippen LogP contribution in [0, 0.1) is 18.2 Å². The Morgan fingerprint density at radius 2 is 1.80 bits per heavy atom. The zero-order chi connectivity index (χ0) is 29.2. The van der Waals surface area contributed by atoms with Crippen LogP contribution in [0.25, 0.3) is 0 Å². The molecular formula is C31H44FN5O3. The van der Waals surface area contributed by atoms with Crippen LogP contribution < -0.4 is 10.2 Å². The quantitative estimate of drug-likeness (QED) is 0.484. The minimum Gasteiger partial charge on any atom is -0.465 e. The number of piperazine rings is 1. The van der Waals surface area contributed by atoms with Gasteiger partial charge in [0.15, 0.2) is 0 Å². The normalized spacial score (nSPS) is 20.9. The molecule has 3 amide bonds. The third kappa shape index (κ3) is 6.35. The van der Waals surface area contributed by atoms with E-state index in [0.29, 0.717) is 32.7 Å². The summed E-state index contributed by atoms with van der Waals surface area (Å²) < 4.78 is 13.5. The average molecular weight is 554 g/mol. The molecule has 0 radical (unpaired) electrons. The highest BCUT2D eigenvalue weighted by atomic mass is 19.1. The predicted molar refractivity (Wildman–Crippen MR) is 157 cm³/mol. The van der Waals surface area contributed by atoms with Gasteiger partial charge in [0.05, 0.1) is 5.54 Å². The van der Waals surface area contributed by atoms with Gasteiger partial charge in [0.2, 0.25) is 0 Å². The molecule has 1 atom stereocenters. The summed E-state index contributed by atoms with van der Waals surface area (Å²) in [4.78, 5) is 32.8. The maximum absolute atomic E-state index is 13.5. The third-order valence-corrected chi connectivity index (χ3v) is 8.97. The molecule has 2 aromatic rings. The van der Waals surface area contributed by atoms with E-state index in [-0.39, 0.29) is 23.3 Å². The number of piperidine rings is 1. The lowest BCUT2D eigenvalue weighted by atomic mass is 9.72. The van der Waals surface area contributed by atoms with Crippen LogP contribution in [0.3, 0.4) is 0 Å².